The Labute approximate surface area is 175 Å². The molecule has 1 atom stereocenters. The molecule has 0 aliphatic carbocycles. The molecule has 1 saturated heterocycles. The van der Waals surface area contributed by atoms with E-state index >= 15 is 0 Å². The van der Waals surface area contributed by atoms with Crippen LogP contribution in [0.4, 0.5) is 4.79 Å². The molecule has 1 aromatic carbocycles. The molecule has 1 aromatic heterocycles. The molecule has 2 amide bonds. The molecule has 0 spiro atoms. The second-order valence-electron chi connectivity index (χ2n) is 8.76. The largest absolute Gasteiger partial charge is 0.443 e. The first-order chi connectivity index (χ1) is 13.7. The lowest BCUT2D eigenvalue weighted by atomic mass is 9.90. The summed E-state index contributed by atoms with van der Waals surface area (Å²) in [6, 6.07) is 5.90. The van der Waals surface area contributed by atoms with Gasteiger partial charge in [-0.2, -0.15) is 0 Å². The van der Waals surface area contributed by atoms with E-state index in [4.69, 9.17) is 16.3 Å². The number of carbonyl (C=O) groups is 2. The van der Waals surface area contributed by atoms with Crippen molar-refractivity contribution in [3.63, 3.8) is 0 Å². The van der Waals surface area contributed by atoms with E-state index in [0.29, 0.717) is 13.0 Å². The van der Waals surface area contributed by atoms with Crippen molar-refractivity contribution in [2.75, 3.05) is 6.54 Å². The van der Waals surface area contributed by atoms with Crippen molar-refractivity contribution < 1.29 is 14.3 Å². The van der Waals surface area contributed by atoms with Gasteiger partial charge in [-0.05, 0) is 64.2 Å². The van der Waals surface area contributed by atoms with Gasteiger partial charge in [0, 0.05) is 29.6 Å². The number of amides is 2. The van der Waals surface area contributed by atoms with Crippen LogP contribution in [0.2, 0.25) is 5.02 Å². The van der Waals surface area contributed by atoms with Crippen molar-refractivity contribution in [1.29, 1.82) is 0 Å². The highest BCUT2D eigenvalue weighted by Gasteiger charge is 2.36. The van der Waals surface area contributed by atoms with Crippen molar-refractivity contribution in [3.8, 4) is 5.69 Å². The Balaban J connectivity index is 1.53. The molecule has 0 bridgehead atoms. The lowest BCUT2D eigenvalue weighted by molar-refractivity contribution is -0.137. The summed E-state index contributed by atoms with van der Waals surface area (Å²) < 4.78 is 7.49. The van der Waals surface area contributed by atoms with E-state index in [2.05, 4.69) is 9.55 Å². The molecular formula is C22H26ClN3O3. The molecule has 0 N–H and O–H groups in total. The van der Waals surface area contributed by atoms with Crippen LogP contribution in [0.15, 0.2) is 24.5 Å². The third-order valence-electron chi connectivity index (χ3n) is 5.52. The van der Waals surface area contributed by atoms with Gasteiger partial charge in [0.2, 0.25) is 5.91 Å². The number of rotatable bonds is 2. The maximum absolute atomic E-state index is 13.0. The zero-order valence-electron chi connectivity index (χ0n) is 17.1. The average molecular weight is 416 g/mol. The second-order valence-corrected chi connectivity index (χ2v) is 9.17. The number of hydrogen-bond donors (Lipinski definition) is 0. The van der Waals surface area contributed by atoms with E-state index in [0.717, 1.165) is 53.3 Å². The van der Waals surface area contributed by atoms with Crippen LogP contribution < -0.4 is 0 Å². The number of ether oxygens (including phenoxy) is 1. The number of benzene rings is 1. The molecular weight excluding hydrogens is 390 g/mol. The first kappa shape index (κ1) is 20.0. The molecule has 1 unspecified atom stereocenters. The van der Waals surface area contributed by atoms with Crippen LogP contribution in [0.5, 0.6) is 0 Å². The van der Waals surface area contributed by atoms with E-state index in [-0.39, 0.29) is 11.8 Å². The molecule has 4 rings (SSSR count). The standard InChI is InChI=1S/C22H26ClN3O3/c1-22(2,3)29-21(28)25-11-5-6-14(20(25)27)12-17-19-10-9-15-16(23)7-4-8-18(15)26(19)13-24-17/h4,7-8,13-14H,5-6,9-12H2,1-3H3. The fourth-order valence-corrected chi connectivity index (χ4v) is 4.45. The van der Waals surface area contributed by atoms with E-state index in [1.165, 1.54) is 4.90 Å². The Kier molecular flexibility index (Phi) is 5.15. The monoisotopic (exact) mass is 415 g/mol. The summed E-state index contributed by atoms with van der Waals surface area (Å²) in [5.74, 6) is -0.414. The van der Waals surface area contributed by atoms with Gasteiger partial charge in [-0.1, -0.05) is 17.7 Å². The number of fused-ring (bicyclic) bond motifs is 3. The molecule has 0 radical (unpaired) electrons. The number of likely N-dealkylation sites (tertiary alicyclic amines) is 1. The Hall–Kier alpha value is -2.34. The van der Waals surface area contributed by atoms with Gasteiger partial charge in [-0.3, -0.25) is 4.79 Å². The van der Waals surface area contributed by atoms with Crippen LogP contribution in [-0.2, 0) is 28.8 Å². The summed E-state index contributed by atoms with van der Waals surface area (Å²) in [5, 5.41) is 0.777. The smallest absolute Gasteiger partial charge is 0.417 e. The lowest BCUT2D eigenvalue weighted by Gasteiger charge is -2.32. The molecule has 2 aliphatic rings. The van der Waals surface area contributed by atoms with Crippen molar-refractivity contribution >= 4 is 23.6 Å². The highest BCUT2D eigenvalue weighted by Crippen LogP contribution is 2.33. The van der Waals surface area contributed by atoms with E-state index < -0.39 is 11.7 Å². The maximum Gasteiger partial charge on any atom is 0.417 e. The first-order valence-corrected chi connectivity index (χ1v) is 10.5. The van der Waals surface area contributed by atoms with Crippen LogP contribution >= 0.6 is 11.6 Å². The summed E-state index contributed by atoms with van der Waals surface area (Å²) in [6.45, 7) is 5.83. The number of aromatic nitrogens is 2. The normalized spacial score (nSPS) is 19.0. The molecule has 3 heterocycles. The number of carbonyl (C=O) groups excluding carboxylic acids is 2. The average Bonchev–Trinajstić information content (AvgIpc) is 3.05. The highest BCUT2D eigenvalue weighted by atomic mass is 35.5. The van der Waals surface area contributed by atoms with Crippen molar-refractivity contribution in [3.05, 3.63) is 46.5 Å². The maximum atomic E-state index is 13.0. The number of nitrogens with zero attached hydrogens (tertiary/aromatic N) is 3. The zero-order chi connectivity index (χ0) is 20.8. The van der Waals surface area contributed by atoms with Gasteiger partial charge in [0.25, 0.3) is 0 Å². The van der Waals surface area contributed by atoms with Gasteiger partial charge >= 0.3 is 6.09 Å². The molecule has 6 nitrogen and oxygen atoms in total. The number of imide groups is 1. The van der Waals surface area contributed by atoms with E-state index in [1.807, 2.05) is 24.5 Å². The summed E-state index contributed by atoms with van der Waals surface area (Å²) in [4.78, 5) is 31.3. The Morgan fingerprint density at radius 3 is 2.86 bits per heavy atom. The fraction of sp³-hybridized carbons (Fsp3) is 0.500. The quantitative estimate of drug-likeness (QED) is 0.731. The summed E-state index contributed by atoms with van der Waals surface area (Å²) >= 11 is 6.35. The summed E-state index contributed by atoms with van der Waals surface area (Å²) in [7, 11) is 0. The molecule has 7 heteroatoms. The van der Waals surface area contributed by atoms with Crippen molar-refractivity contribution in [2.45, 2.75) is 58.5 Å². The Bertz CT molecular complexity index is 961. The van der Waals surface area contributed by atoms with Crippen LogP contribution in [0.1, 0.15) is 50.6 Å². The van der Waals surface area contributed by atoms with Crippen LogP contribution in [0, 0.1) is 5.92 Å². The minimum atomic E-state index is -0.623. The van der Waals surface area contributed by atoms with Gasteiger partial charge < -0.3 is 9.30 Å². The molecule has 1 fully saturated rings. The summed E-state index contributed by atoms with van der Waals surface area (Å²) in [6.07, 6.45) is 5.03. The van der Waals surface area contributed by atoms with Gasteiger partial charge in [-0.25, -0.2) is 14.7 Å². The topological polar surface area (TPSA) is 64.4 Å². The second kappa shape index (κ2) is 7.48. The van der Waals surface area contributed by atoms with Crippen LogP contribution in [0.25, 0.3) is 5.69 Å². The number of hydrogen-bond acceptors (Lipinski definition) is 4. The third kappa shape index (κ3) is 3.90. The predicted octanol–water partition coefficient (Wildman–Crippen LogP) is 4.34. The van der Waals surface area contributed by atoms with E-state index in [9.17, 15) is 9.59 Å². The van der Waals surface area contributed by atoms with Gasteiger partial charge in [-0.15, -0.1) is 0 Å². The lowest BCUT2D eigenvalue weighted by Crippen LogP contribution is -2.47. The molecule has 154 valence electrons. The minimum Gasteiger partial charge on any atom is -0.443 e. The Morgan fingerprint density at radius 2 is 2.10 bits per heavy atom. The number of piperidine rings is 1. The van der Waals surface area contributed by atoms with Gasteiger partial charge in [0.15, 0.2) is 0 Å². The van der Waals surface area contributed by atoms with Crippen molar-refractivity contribution in [2.24, 2.45) is 5.92 Å². The highest BCUT2D eigenvalue weighted by molar-refractivity contribution is 6.31. The molecule has 2 aliphatic heterocycles. The Morgan fingerprint density at radius 1 is 1.31 bits per heavy atom. The summed E-state index contributed by atoms with van der Waals surface area (Å²) in [5.41, 5.74) is 3.63. The van der Waals surface area contributed by atoms with Gasteiger partial charge in [0.05, 0.1) is 17.7 Å². The van der Waals surface area contributed by atoms with Crippen LogP contribution in [-0.4, -0.2) is 38.6 Å². The minimum absolute atomic E-state index is 0.161. The number of halogens is 1. The fourth-order valence-electron chi connectivity index (χ4n) is 4.19. The molecule has 2 aromatic rings. The molecule has 29 heavy (non-hydrogen) atoms. The van der Waals surface area contributed by atoms with Gasteiger partial charge in [0.1, 0.15) is 5.60 Å². The SMILES string of the molecule is CC(C)(C)OC(=O)N1CCCC(Cc2ncn3c2CCc2c(Cl)cccc2-3)C1=O. The third-order valence-corrected chi connectivity index (χ3v) is 5.88. The van der Waals surface area contributed by atoms with Crippen LogP contribution in [0.3, 0.4) is 0 Å². The first-order valence-electron chi connectivity index (χ1n) is 10.1. The van der Waals surface area contributed by atoms with E-state index in [1.54, 1.807) is 20.8 Å². The predicted molar refractivity (Wildman–Crippen MR) is 110 cm³/mol. The number of imidazole rings is 1. The molecule has 0 saturated carbocycles. The zero-order valence-corrected chi connectivity index (χ0v) is 17.8. The van der Waals surface area contributed by atoms with Crippen molar-refractivity contribution in [1.82, 2.24) is 14.5 Å².